The molecule has 0 aromatic rings. The van der Waals surface area contributed by atoms with Crippen molar-refractivity contribution in [2.75, 3.05) is 32.8 Å². The second-order valence-electron chi connectivity index (χ2n) is 4.27. The number of rotatable bonds is 5. The third-order valence-corrected chi connectivity index (χ3v) is 2.90. The molecule has 0 saturated carbocycles. The Hall–Kier alpha value is -0.820. The lowest BCUT2D eigenvalue weighted by Gasteiger charge is -2.33. The molecule has 1 saturated heterocycles. The second kappa shape index (κ2) is 6.94. The smallest absolute Gasteiger partial charge is 0.362 e. The van der Waals surface area contributed by atoms with Crippen LogP contribution < -0.4 is 5.32 Å². The molecule has 0 aromatic heterocycles. The van der Waals surface area contributed by atoms with Crippen LogP contribution in [0.4, 0.5) is 13.2 Å². The second-order valence-corrected chi connectivity index (χ2v) is 4.27. The number of hydrogen-bond donors (Lipinski definition) is 1. The molecular weight excluding hydrogens is 249 g/mol. The Morgan fingerprint density at radius 3 is 2.50 bits per heavy atom. The SMILES string of the molecule is CCN(C(=O)COCC(F)(F)F)C1CCNCC1. The summed E-state index contributed by atoms with van der Waals surface area (Å²) in [5, 5.41) is 3.18. The molecule has 0 aliphatic carbocycles. The molecule has 0 atom stereocenters. The van der Waals surface area contributed by atoms with Gasteiger partial charge >= 0.3 is 6.18 Å². The van der Waals surface area contributed by atoms with Crippen molar-refractivity contribution in [1.82, 2.24) is 10.2 Å². The van der Waals surface area contributed by atoms with E-state index in [1.807, 2.05) is 6.92 Å². The van der Waals surface area contributed by atoms with Crippen LogP contribution in [0.1, 0.15) is 19.8 Å². The Balaban J connectivity index is 2.37. The number of nitrogens with one attached hydrogen (secondary N) is 1. The molecule has 1 rings (SSSR count). The summed E-state index contributed by atoms with van der Waals surface area (Å²) in [6.45, 7) is 2.11. The van der Waals surface area contributed by atoms with Gasteiger partial charge in [0.25, 0.3) is 0 Å². The Labute approximate surface area is 104 Å². The van der Waals surface area contributed by atoms with Gasteiger partial charge < -0.3 is 15.0 Å². The predicted molar refractivity (Wildman–Crippen MR) is 60.2 cm³/mol. The molecule has 7 heteroatoms. The van der Waals surface area contributed by atoms with E-state index >= 15 is 0 Å². The number of halogens is 3. The molecule has 1 heterocycles. The summed E-state index contributed by atoms with van der Waals surface area (Å²) in [5.74, 6) is -0.367. The van der Waals surface area contributed by atoms with Crippen molar-refractivity contribution < 1.29 is 22.7 Å². The molecule has 1 fully saturated rings. The maximum atomic E-state index is 11.9. The number of carbonyl (C=O) groups is 1. The lowest BCUT2D eigenvalue weighted by atomic mass is 10.0. The highest BCUT2D eigenvalue weighted by atomic mass is 19.4. The minimum atomic E-state index is -4.38. The lowest BCUT2D eigenvalue weighted by Crippen LogP contribution is -2.47. The van der Waals surface area contributed by atoms with Crippen molar-refractivity contribution in [3.8, 4) is 0 Å². The maximum absolute atomic E-state index is 11.9. The summed E-state index contributed by atoms with van der Waals surface area (Å²) in [6, 6.07) is 0.109. The lowest BCUT2D eigenvalue weighted by molar-refractivity contribution is -0.178. The third-order valence-electron chi connectivity index (χ3n) is 2.90. The van der Waals surface area contributed by atoms with Gasteiger partial charge in [-0.3, -0.25) is 4.79 Å². The topological polar surface area (TPSA) is 41.6 Å². The van der Waals surface area contributed by atoms with Crippen molar-refractivity contribution in [3.05, 3.63) is 0 Å². The monoisotopic (exact) mass is 268 g/mol. The van der Waals surface area contributed by atoms with Crippen LogP contribution in [0.5, 0.6) is 0 Å². The van der Waals surface area contributed by atoms with Gasteiger partial charge in [0.1, 0.15) is 13.2 Å². The van der Waals surface area contributed by atoms with E-state index < -0.39 is 19.4 Å². The number of ether oxygens (including phenoxy) is 1. The number of hydrogen-bond acceptors (Lipinski definition) is 3. The summed E-state index contributed by atoms with van der Waals surface area (Å²) in [6.07, 6.45) is -2.72. The average molecular weight is 268 g/mol. The Morgan fingerprint density at radius 1 is 1.39 bits per heavy atom. The Kier molecular flexibility index (Phi) is 5.87. The van der Waals surface area contributed by atoms with Crippen LogP contribution in [0.15, 0.2) is 0 Å². The number of piperidine rings is 1. The minimum absolute atomic E-state index is 0.109. The maximum Gasteiger partial charge on any atom is 0.411 e. The van der Waals surface area contributed by atoms with Gasteiger partial charge in [-0.25, -0.2) is 0 Å². The number of alkyl halides is 3. The van der Waals surface area contributed by atoms with E-state index in [0.29, 0.717) is 6.54 Å². The van der Waals surface area contributed by atoms with E-state index in [4.69, 9.17) is 0 Å². The molecule has 1 aliphatic rings. The summed E-state index contributed by atoms with van der Waals surface area (Å²) in [5.41, 5.74) is 0. The first-order chi connectivity index (χ1) is 8.44. The molecule has 0 spiro atoms. The molecule has 0 unspecified atom stereocenters. The number of likely N-dealkylation sites (N-methyl/N-ethyl adjacent to an activating group) is 1. The Bertz CT molecular complexity index is 266. The van der Waals surface area contributed by atoms with Crippen molar-refractivity contribution in [3.63, 3.8) is 0 Å². The molecule has 1 amide bonds. The van der Waals surface area contributed by atoms with Crippen molar-refractivity contribution in [2.45, 2.75) is 32.0 Å². The standard InChI is InChI=1S/C11H19F3N2O2/c1-2-16(9-3-5-15-6-4-9)10(17)7-18-8-11(12,13)14/h9,15H,2-8H2,1H3. The van der Waals surface area contributed by atoms with Crippen LogP contribution in [0.3, 0.4) is 0 Å². The van der Waals surface area contributed by atoms with Crippen LogP contribution in [-0.2, 0) is 9.53 Å². The van der Waals surface area contributed by atoms with Gasteiger partial charge in [-0.15, -0.1) is 0 Å². The van der Waals surface area contributed by atoms with Gasteiger partial charge in [-0.1, -0.05) is 0 Å². The third kappa shape index (κ3) is 5.22. The van der Waals surface area contributed by atoms with Crippen molar-refractivity contribution >= 4 is 5.91 Å². The summed E-state index contributed by atoms with van der Waals surface area (Å²) in [4.78, 5) is 13.4. The normalized spacial score (nSPS) is 17.8. The summed E-state index contributed by atoms with van der Waals surface area (Å²) < 4.78 is 40.1. The van der Waals surface area contributed by atoms with Crippen LogP contribution in [0.2, 0.25) is 0 Å². The van der Waals surface area contributed by atoms with Crippen LogP contribution in [-0.4, -0.2) is 55.9 Å². The molecule has 4 nitrogen and oxygen atoms in total. The largest absolute Gasteiger partial charge is 0.411 e. The predicted octanol–water partition coefficient (Wildman–Crippen LogP) is 1.17. The van der Waals surface area contributed by atoms with E-state index in [0.717, 1.165) is 25.9 Å². The molecule has 1 N–H and O–H groups in total. The van der Waals surface area contributed by atoms with Crippen molar-refractivity contribution in [1.29, 1.82) is 0 Å². The first-order valence-corrected chi connectivity index (χ1v) is 6.08. The summed E-state index contributed by atoms with van der Waals surface area (Å²) in [7, 11) is 0. The number of amides is 1. The fourth-order valence-corrected chi connectivity index (χ4v) is 2.09. The average Bonchev–Trinajstić information content (AvgIpc) is 2.29. The highest BCUT2D eigenvalue weighted by Crippen LogP contribution is 2.15. The fourth-order valence-electron chi connectivity index (χ4n) is 2.09. The summed E-state index contributed by atoms with van der Waals surface area (Å²) >= 11 is 0. The van der Waals surface area contributed by atoms with Gasteiger partial charge in [0.15, 0.2) is 0 Å². The van der Waals surface area contributed by atoms with Crippen LogP contribution >= 0.6 is 0 Å². The number of nitrogens with zero attached hydrogens (tertiary/aromatic N) is 1. The zero-order chi connectivity index (χ0) is 13.6. The van der Waals surface area contributed by atoms with Crippen molar-refractivity contribution in [2.24, 2.45) is 0 Å². The molecule has 0 aromatic carbocycles. The molecule has 106 valence electrons. The molecule has 18 heavy (non-hydrogen) atoms. The highest BCUT2D eigenvalue weighted by Gasteiger charge is 2.29. The molecule has 1 aliphatic heterocycles. The number of carbonyl (C=O) groups excluding carboxylic acids is 1. The zero-order valence-corrected chi connectivity index (χ0v) is 10.4. The fraction of sp³-hybridized carbons (Fsp3) is 0.909. The van der Waals surface area contributed by atoms with Gasteiger partial charge in [0.2, 0.25) is 5.91 Å². The van der Waals surface area contributed by atoms with Crippen LogP contribution in [0.25, 0.3) is 0 Å². The minimum Gasteiger partial charge on any atom is -0.362 e. The van der Waals surface area contributed by atoms with E-state index in [1.165, 1.54) is 0 Å². The van der Waals surface area contributed by atoms with E-state index in [9.17, 15) is 18.0 Å². The molecular formula is C11H19F3N2O2. The first kappa shape index (κ1) is 15.2. The van der Waals surface area contributed by atoms with Gasteiger partial charge in [-0.05, 0) is 32.9 Å². The quantitative estimate of drug-likeness (QED) is 0.813. The first-order valence-electron chi connectivity index (χ1n) is 6.08. The molecule has 0 bridgehead atoms. The molecule has 0 radical (unpaired) electrons. The van der Waals surface area contributed by atoms with E-state index in [-0.39, 0.29) is 11.9 Å². The zero-order valence-electron chi connectivity index (χ0n) is 10.4. The van der Waals surface area contributed by atoms with Gasteiger partial charge in [-0.2, -0.15) is 13.2 Å². The van der Waals surface area contributed by atoms with Gasteiger partial charge in [0.05, 0.1) is 0 Å². The van der Waals surface area contributed by atoms with Gasteiger partial charge in [0, 0.05) is 12.6 Å². The Morgan fingerprint density at radius 2 is 2.00 bits per heavy atom. The van der Waals surface area contributed by atoms with Crippen LogP contribution in [0, 0.1) is 0 Å². The van der Waals surface area contributed by atoms with E-state index in [2.05, 4.69) is 10.1 Å². The highest BCUT2D eigenvalue weighted by molar-refractivity contribution is 5.77. The van der Waals surface area contributed by atoms with E-state index in [1.54, 1.807) is 4.90 Å².